The van der Waals surface area contributed by atoms with Gasteiger partial charge >= 0.3 is 0 Å². The molecule has 1 aromatic heterocycles. The molecule has 0 fully saturated rings. The lowest BCUT2D eigenvalue weighted by atomic mass is 10.1. The van der Waals surface area contributed by atoms with Crippen molar-refractivity contribution in [2.24, 2.45) is 5.92 Å². The van der Waals surface area contributed by atoms with Crippen molar-refractivity contribution in [2.45, 2.75) is 40.2 Å². The van der Waals surface area contributed by atoms with Gasteiger partial charge in [-0.05, 0) is 31.0 Å². The maximum absolute atomic E-state index is 5.81. The second-order valence-corrected chi connectivity index (χ2v) is 4.98. The Morgan fingerprint density at radius 2 is 2.00 bits per heavy atom. The smallest absolute Gasteiger partial charge is 0.109 e. The number of benzene rings is 1. The summed E-state index contributed by atoms with van der Waals surface area (Å²) in [6.07, 6.45) is 0.950. The number of rotatable bonds is 3. The Bertz CT molecular complexity index is 525. The van der Waals surface area contributed by atoms with Gasteiger partial charge < -0.3 is 10.3 Å². The Morgan fingerprint density at radius 1 is 1.29 bits per heavy atom. The maximum atomic E-state index is 5.81. The first-order valence-corrected chi connectivity index (χ1v) is 6.31. The van der Waals surface area contributed by atoms with Crippen LogP contribution in [-0.2, 0) is 6.42 Å². The summed E-state index contributed by atoms with van der Waals surface area (Å²) in [5.74, 6) is 1.74. The molecule has 1 atom stereocenters. The molecule has 92 valence electrons. The molecule has 0 saturated carbocycles. The number of nitrogen functional groups attached to an aromatic ring is 1. The minimum absolute atomic E-state index is 0.457. The van der Waals surface area contributed by atoms with E-state index in [1.54, 1.807) is 0 Å². The fourth-order valence-corrected chi connectivity index (χ4v) is 2.17. The molecule has 0 aliphatic heterocycles. The molecule has 3 heteroatoms. The Kier molecular flexibility index (Phi) is 3.09. The third-order valence-electron chi connectivity index (χ3n) is 3.47. The van der Waals surface area contributed by atoms with Crippen LogP contribution >= 0.6 is 0 Å². The van der Waals surface area contributed by atoms with Crippen LogP contribution in [0.3, 0.4) is 0 Å². The summed E-state index contributed by atoms with van der Waals surface area (Å²) in [6.45, 7) is 8.88. The summed E-state index contributed by atoms with van der Waals surface area (Å²) >= 11 is 0. The molecule has 17 heavy (non-hydrogen) atoms. The summed E-state index contributed by atoms with van der Waals surface area (Å²) in [5, 5.41) is 0. The van der Waals surface area contributed by atoms with E-state index in [0.29, 0.717) is 12.0 Å². The van der Waals surface area contributed by atoms with Crippen LogP contribution in [0.5, 0.6) is 0 Å². The van der Waals surface area contributed by atoms with Crippen LogP contribution in [-0.4, -0.2) is 9.55 Å². The molecule has 0 amide bonds. The van der Waals surface area contributed by atoms with Gasteiger partial charge in [0.2, 0.25) is 0 Å². The summed E-state index contributed by atoms with van der Waals surface area (Å²) < 4.78 is 2.35. The molecule has 2 rings (SSSR count). The van der Waals surface area contributed by atoms with Crippen LogP contribution in [0, 0.1) is 5.92 Å². The zero-order chi connectivity index (χ0) is 12.6. The number of anilines is 1. The predicted octanol–water partition coefficient (Wildman–Crippen LogP) is 3.40. The van der Waals surface area contributed by atoms with E-state index in [1.165, 1.54) is 5.52 Å². The first kappa shape index (κ1) is 12.0. The second kappa shape index (κ2) is 4.40. The number of imidazole rings is 1. The zero-order valence-electron chi connectivity index (χ0n) is 11.1. The van der Waals surface area contributed by atoms with Crippen LogP contribution < -0.4 is 5.73 Å². The average molecular weight is 231 g/mol. The third-order valence-corrected chi connectivity index (χ3v) is 3.47. The lowest BCUT2D eigenvalue weighted by Crippen LogP contribution is -2.14. The standard InChI is InChI=1S/C14H21N3/c1-5-14-16-12-8-11(15)6-7-13(12)17(14)10(4)9(2)3/h6-10H,5,15H2,1-4H3. The van der Waals surface area contributed by atoms with Crippen molar-refractivity contribution in [3.63, 3.8) is 0 Å². The van der Waals surface area contributed by atoms with Gasteiger partial charge in [-0.2, -0.15) is 0 Å². The minimum Gasteiger partial charge on any atom is -0.399 e. The SMILES string of the molecule is CCc1nc2cc(N)ccc2n1C(C)C(C)C. The van der Waals surface area contributed by atoms with Gasteiger partial charge in [0.1, 0.15) is 5.82 Å². The first-order valence-electron chi connectivity index (χ1n) is 6.31. The van der Waals surface area contributed by atoms with Crippen LogP contribution in [0.1, 0.15) is 39.6 Å². The molecule has 0 aliphatic rings. The van der Waals surface area contributed by atoms with Crippen LogP contribution in [0.4, 0.5) is 5.69 Å². The van der Waals surface area contributed by atoms with E-state index in [-0.39, 0.29) is 0 Å². The van der Waals surface area contributed by atoms with Crippen molar-refractivity contribution < 1.29 is 0 Å². The molecule has 3 nitrogen and oxygen atoms in total. The van der Waals surface area contributed by atoms with Gasteiger partial charge in [0, 0.05) is 18.2 Å². The van der Waals surface area contributed by atoms with E-state index in [0.717, 1.165) is 23.4 Å². The molecule has 1 heterocycles. The normalized spacial score (nSPS) is 13.5. The second-order valence-electron chi connectivity index (χ2n) is 4.98. The van der Waals surface area contributed by atoms with E-state index in [4.69, 9.17) is 5.73 Å². The van der Waals surface area contributed by atoms with Crippen molar-refractivity contribution >= 4 is 16.7 Å². The van der Waals surface area contributed by atoms with Crippen molar-refractivity contribution in [2.75, 3.05) is 5.73 Å². The summed E-state index contributed by atoms with van der Waals surface area (Å²) in [4.78, 5) is 4.68. The van der Waals surface area contributed by atoms with Crippen molar-refractivity contribution in [1.29, 1.82) is 0 Å². The highest BCUT2D eigenvalue weighted by Crippen LogP contribution is 2.27. The maximum Gasteiger partial charge on any atom is 0.109 e. The van der Waals surface area contributed by atoms with Crippen LogP contribution in [0.15, 0.2) is 18.2 Å². The van der Waals surface area contributed by atoms with E-state index >= 15 is 0 Å². The third kappa shape index (κ3) is 2.02. The highest BCUT2D eigenvalue weighted by molar-refractivity contribution is 5.79. The number of aromatic nitrogens is 2. The number of aryl methyl sites for hydroxylation is 1. The monoisotopic (exact) mass is 231 g/mol. The average Bonchev–Trinajstić information content (AvgIpc) is 2.65. The topological polar surface area (TPSA) is 43.8 Å². The van der Waals surface area contributed by atoms with Gasteiger partial charge in [-0.1, -0.05) is 20.8 Å². The Balaban J connectivity index is 2.66. The molecule has 1 aromatic carbocycles. The molecule has 0 spiro atoms. The first-order chi connectivity index (χ1) is 8.04. The lowest BCUT2D eigenvalue weighted by molar-refractivity contribution is 0.406. The number of hydrogen-bond donors (Lipinski definition) is 1. The molecule has 0 saturated heterocycles. The quantitative estimate of drug-likeness (QED) is 0.823. The lowest BCUT2D eigenvalue weighted by Gasteiger charge is -2.20. The molecule has 2 aromatic rings. The number of nitrogens with two attached hydrogens (primary N) is 1. The van der Waals surface area contributed by atoms with E-state index in [1.807, 2.05) is 12.1 Å². The highest BCUT2D eigenvalue weighted by Gasteiger charge is 2.17. The van der Waals surface area contributed by atoms with Crippen LogP contribution in [0.25, 0.3) is 11.0 Å². The minimum atomic E-state index is 0.457. The van der Waals surface area contributed by atoms with Gasteiger partial charge in [-0.3, -0.25) is 0 Å². The molecule has 1 unspecified atom stereocenters. The van der Waals surface area contributed by atoms with Gasteiger partial charge in [-0.15, -0.1) is 0 Å². The molecule has 0 bridgehead atoms. The van der Waals surface area contributed by atoms with Gasteiger partial charge in [-0.25, -0.2) is 4.98 Å². The molecule has 0 aliphatic carbocycles. The predicted molar refractivity (Wildman–Crippen MR) is 73.1 cm³/mol. The van der Waals surface area contributed by atoms with E-state index < -0.39 is 0 Å². The van der Waals surface area contributed by atoms with Crippen molar-refractivity contribution in [3.8, 4) is 0 Å². The number of nitrogens with zero attached hydrogens (tertiary/aromatic N) is 2. The fraction of sp³-hybridized carbons (Fsp3) is 0.500. The summed E-state index contributed by atoms with van der Waals surface area (Å²) in [5.41, 5.74) is 8.79. The van der Waals surface area contributed by atoms with E-state index in [2.05, 4.69) is 43.3 Å². The fourth-order valence-electron chi connectivity index (χ4n) is 2.17. The van der Waals surface area contributed by atoms with Gasteiger partial charge in [0.15, 0.2) is 0 Å². The highest BCUT2D eigenvalue weighted by atomic mass is 15.1. The molecule has 0 radical (unpaired) electrons. The van der Waals surface area contributed by atoms with E-state index in [9.17, 15) is 0 Å². The number of hydrogen-bond acceptors (Lipinski definition) is 2. The summed E-state index contributed by atoms with van der Waals surface area (Å²) in [6, 6.07) is 6.44. The Hall–Kier alpha value is -1.51. The largest absolute Gasteiger partial charge is 0.399 e. The molecular formula is C14H21N3. The Labute approximate surface area is 103 Å². The van der Waals surface area contributed by atoms with Crippen molar-refractivity contribution in [3.05, 3.63) is 24.0 Å². The summed E-state index contributed by atoms with van der Waals surface area (Å²) in [7, 11) is 0. The Morgan fingerprint density at radius 3 is 2.59 bits per heavy atom. The van der Waals surface area contributed by atoms with Gasteiger partial charge in [0.05, 0.1) is 11.0 Å². The molecular weight excluding hydrogens is 210 g/mol. The zero-order valence-corrected chi connectivity index (χ0v) is 11.1. The van der Waals surface area contributed by atoms with Crippen LogP contribution in [0.2, 0.25) is 0 Å². The van der Waals surface area contributed by atoms with Crippen molar-refractivity contribution in [1.82, 2.24) is 9.55 Å². The van der Waals surface area contributed by atoms with Gasteiger partial charge in [0.25, 0.3) is 0 Å². The number of fused-ring (bicyclic) bond motifs is 1. The molecule has 2 N–H and O–H groups in total.